The van der Waals surface area contributed by atoms with Gasteiger partial charge in [-0.2, -0.15) is 0 Å². The van der Waals surface area contributed by atoms with E-state index in [4.69, 9.17) is 4.74 Å². The molecular formula is C18H23N5O2. The van der Waals surface area contributed by atoms with Crippen molar-refractivity contribution in [2.75, 3.05) is 33.3 Å². The lowest BCUT2D eigenvalue weighted by Crippen LogP contribution is -2.47. The molecule has 4 rings (SSSR count). The second-order valence-corrected chi connectivity index (χ2v) is 6.78. The monoisotopic (exact) mass is 341 g/mol. The van der Waals surface area contributed by atoms with E-state index in [1.165, 1.54) is 5.56 Å². The van der Waals surface area contributed by atoms with E-state index in [2.05, 4.69) is 27.3 Å². The summed E-state index contributed by atoms with van der Waals surface area (Å²) in [7, 11) is 1.69. The third-order valence-corrected chi connectivity index (χ3v) is 4.98. The van der Waals surface area contributed by atoms with Crippen LogP contribution in [0.5, 0.6) is 5.75 Å². The predicted octanol–water partition coefficient (Wildman–Crippen LogP) is 1.58. The number of benzene rings is 1. The quantitative estimate of drug-likeness (QED) is 0.826. The first-order valence-electron chi connectivity index (χ1n) is 8.79. The molecule has 0 aliphatic carbocycles. The lowest BCUT2D eigenvalue weighted by molar-refractivity contribution is 0.0786. The number of nitrogens with zero attached hydrogens (tertiary/aromatic N) is 5. The van der Waals surface area contributed by atoms with Crippen LogP contribution in [-0.2, 0) is 6.54 Å². The number of likely N-dealkylation sites (tertiary alicyclic amines) is 2. The van der Waals surface area contributed by atoms with Gasteiger partial charge < -0.3 is 9.64 Å². The van der Waals surface area contributed by atoms with E-state index in [9.17, 15) is 4.79 Å². The molecular weight excluding hydrogens is 318 g/mol. The first-order chi connectivity index (χ1) is 12.2. The molecule has 0 atom stereocenters. The molecule has 2 fully saturated rings. The van der Waals surface area contributed by atoms with E-state index in [-0.39, 0.29) is 5.91 Å². The second kappa shape index (κ2) is 6.84. The zero-order chi connectivity index (χ0) is 17.2. The van der Waals surface area contributed by atoms with E-state index < -0.39 is 0 Å². The lowest BCUT2D eigenvalue weighted by atomic mass is 10.1. The molecule has 0 bridgehead atoms. The fraction of sp³-hybridized carbons (Fsp3) is 0.500. The fourth-order valence-electron chi connectivity index (χ4n) is 3.50. The van der Waals surface area contributed by atoms with E-state index in [1.54, 1.807) is 13.3 Å². The summed E-state index contributed by atoms with van der Waals surface area (Å²) >= 11 is 0. The van der Waals surface area contributed by atoms with Gasteiger partial charge in [-0.3, -0.25) is 9.69 Å². The zero-order valence-electron chi connectivity index (χ0n) is 14.5. The first kappa shape index (κ1) is 16.1. The molecule has 2 saturated heterocycles. The highest BCUT2D eigenvalue weighted by molar-refractivity contribution is 5.92. The Kier molecular flexibility index (Phi) is 4.40. The zero-order valence-corrected chi connectivity index (χ0v) is 14.5. The Bertz CT molecular complexity index is 747. The molecule has 1 aromatic carbocycles. The Morgan fingerprint density at radius 1 is 1.28 bits per heavy atom. The summed E-state index contributed by atoms with van der Waals surface area (Å²) in [5, 5.41) is 8.25. The van der Waals surface area contributed by atoms with Gasteiger partial charge in [0.2, 0.25) is 0 Å². The third-order valence-electron chi connectivity index (χ3n) is 4.98. The summed E-state index contributed by atoms with van der Waals surface area (Å²) in [5.74, 6) is 0.896. The Labute approximate surface area is 147 Å². The molecule has 0 unspecified atom stereocenters. The standard InChI is InChI=1S/C18H23N5O2/c1-25-16-6-4-5-14(9-16)10-21-11-15(12-21)23-13-17(19-20-23)18(24)22-7-2-3-8-22/h4-6,9,13,15H,2-3,7-8,10-12H2,1H3. The number of amides is 1. The van der Waals surface area contributed by atoms with Crippen LogP contribution in [0.15, 0.2) is 30.5 Å². The van der Waals surface area contributed by atoms with Gasteiger partial charge in [0.25, 0.3) is 5.91 Å². The average molecular weight is 341 g/mol. The molecule has 3 heterocycles. The van der Waals surface area contributed by atoms with Crippen LogP contribution in [0, 0.1) is 0 Å². The van der Waals surface area contributed by atoms with Crippen LogP contribution in [0.2, 0.25) is 0 Å². The molecule has 1 aromatic heterocycles. The van der Waals surface area contributed by atoms with Crippen molar-refractivity contribution in [3.8, 4) is 5.75 Å². The first-order valence-corrected chi connectivity index (χ1v) is 8.79. The molecule has 2 aliphatic heterocycles. The van der Waals surface area contributed by atoms with Gasteiger partial charge in [0.1, 0.15) is 5.75 Å². The van der Waals surface area contributed by atoms with Crippen molar-refractivity contribution >= 4 is 5.91 Å². The Balaban J connectivity index is 1.32. The normalized spacial score (nSPS) is 18.4. The van der Waals surface area contributed by atoms with Crippen LogP contribution in [-0.4, -0.2) is 64.0 Å². The Hall–Kier alpha value is -2.41. The molecule has 2 aromatic rings. The molecule has 7 nitrogen and oxygen atoms in total. The Morgan fingerprint density at radius 3 is 2.84 bits per heavy atom. The van der Waals surface area contributed by atoms with Gasteiger partial charge >= 0.3 is 0 Å². The van der Waals surface area contributed by atoms with Crippen molar-refractivity contribution in [3.63, 3.8) is 0 Å². The predicted molar refractivity (Wildman–Crippen MR) is 92.5 cm³/mol. The van der Waals surface area contributed by atoms with Gasteiger partial charge in [-0.25, -0.2) is 4.68 Å². The molecule has 0 spiro atoms. The SMILES string of the molecule is COc1cccc(CN2CC(n3cc(C(=O)N4CCCC4)nn3)C2)c1. The second-order valence-electron chi connectivity index (χ2n) is 6.78. The number of hydrogen-bond acceptors (Lipinski definition) is 5. The highest BCUT2D eigenvalue weighted by Crippen LogP contribution is 2.24. The van der Waals surface area contributed by atoms with Gasteiger partial charge in [0, 0.05) is 32.7 Å². The topological polar surface area (TPSA) is 63.5 Å². The Morgan fingerprint density at radius 2 is 2.08 bits per heavy atom. The van der Waals surface area contributed by atoms with Crippen molar-refractivity contribution in [3.05, 3.63) is 41.7 Å². The smallest absolute Gasteiger partial charge is 0.276 e. The highest BCUT2D eigenvalue weighted by Gasteiger charge is 2.30. The average Bonchev–Trinajstić information content (AvgIpc) is 3.29. The van der Waals surface area contributed by atoms with Gasteiger partial charge in [-0.05, 0) is 30.5 Å². The van der Waals surface area contributed by atoms with Gasteiger partial charge in [-0.15, -0.1) is 5.10 Å². The van der Waals surface area contributed by atoms with Crippen LogP contribution in [0.3, 0.4) is 0 Å². The minimum atomic E-state index is 0.0105. The molecule has 2 aliphatic rings. The summed E-state index contributed by atoms with van der Waals surface area (Å²) in [6.07, 6.45) is 3.97. The molecule has 0 saturated carbocycles. The van der Waals surface area contributed by atoms with Crippen LogP contribution >= 0.6 is 0 Å². The van der Waals surface area contributed by atoms with Crippen LogP contribution in [0.25, 0.3) is 0 Å². The molecule has 1 amide bonds. The van der Waals surface area contributed by atoms with Gasteiger partial charge in [-0.1, -0.05) is 17.3 Å². The molecule has 0 N–H and O–H groups in total. The number of methoxy groups -OCH3 is 1. The van der Waals surface area contributed by atoms with Crippen molar-refractivity contribution in [1.29, 1.82) is 0 Å². The van der Waals surface area contributed by atoms with E-state index in [0.717, 1.165) is 51.3 Å². The van der Waals surface area contributed by atoms with Crippen molar-refractivity contribution in [1.82, 2.24) is 24.8 Å². The van der Waals surface area contributed by atoms with E-state index >= 15 is 0 Å². The summed E-state index contributed by atoms with van der Waals surface area (Å²) in [5.41, 5.74) is 1.70. The maximum atomic E-state index is 12.3. The number of carbonyl (C=O) groups excluding carboxylic acids is 1. The number of aromatic nitrogens is 3. The summed E-state index contributed by atoms with van der Waals surface area (Å²) in [4.78, 5) is 16.6. The summed E-state index contributed by atoms with van der Waals surface area (Å²) in [6, 6.07) is 8.43. The largest absolute Gasteiger partial charge is 0.497 e. The van der Waals surface area contributed by atoms with Crippen LogP contribution in [0.4, 0.5) is 0 Å². The van der Waals surface area contributed by atoms with Crippen molar-refractivity contribution in [2.24, 2.45) is 0 Å². The molecule has 25 heavy (non-hydrogen) atoms. The summed E-state index contributed by atoms with van der Waals surface area (Å²) < 4.78 is 7.11. The number of carbonyl (C=O) groups is 1. The van der Waals surface area contributed by atoms with Crippen molar-refractivity contribution in [2.45, 2.75) is 25.4 Å². The molecule has 0 radical (unpaired) electrons. The lowest BCUT2D eigenvalue weighted by Gasteiger charge is -2.38. The minimum absolute atomic E-state index is 0.0105. The van der Waals surface area contributed by atoms with Gasteiger partial charge in [0.05, 0.1) is 19.3 Å². The fourth-order valence-corrected chi connectivity index (χ4v) is 3.50. The summed E-state index contributed by atoms with van der Waals surface area (Å²) in [6.45, 7) is 4.39. The number of hydrogen-bond donors (Lipinski definition) is 0. The maximum absolute atomic E-state index is 12.3. The number of rotatable bonds is 5. The highest BCUT2D eigenvalue weighted by atomic mass is 16.5. The maximum Gasteiger partial charge on any atom is 0.276 e. The molecule has 132 valence electrons. The van der Waals surface area contributed by atoms with Crippen LogP contribution in [0.1, 0.15) is 34.9 Å². The number of ether oxygens (including phenoxy) is 1. The molecule has 7 heteroatoms. The van der Waals surface area contributed by atoms with Gasteiger partial charge in [0.15, 0.2) is 5.69 Å². The minimum Gasteiger partial charge on any atom is -0.497 e. The van der Waals surface area contributed by atoms with Crippen LogP contribution < -0.4 is 4.74 Å². The third kappa shape index (κ3) is 3.37. The van der Waals surface area contributed by atoms with Crippen molar-refractivity contribution < 1.29 is 9.53 Å². The van der Waals surface area contributed by atoms with E-state index in [1.807, 2.05) is 21.7 Å². The van der Waals surface area contributed by atoms with E-state index in [0.29, 0.717) is 11.7 Å².